The second kappa shape index (κ2) is 10.8. The molecule has 1 saturated heterocycles. The lowest BCUT2D eigenvalue weighted by Crippen LogP contribution is -2.55. The lowest BCUT2D eigenvalue weighted by Gasteiger charge is -2.38. The molecule has 3 heterocycles. The Kier molecular flexibility index (Phi) is 7.65. The van der Waals surface area contributed by atoms with E-state index in [4.69, 9.17) is 23.2 Å². The molecule has 0 aliphatic carbocycles. The third-order valence-electron chi connectivity index (χ3n) is 6.50. The molecule has 1 N–H and O–H groups in total. The van der Waals surface area contributed by atoms with E-state index in [-0.39, 0.29) is 37.2 Å². The third kappa shape index (κ3) is 5.98. The van der Waals surface area contributed by atoms with E-state index < -0.39 is 39.6 Å². The number of anilines is 1. The normalized spacial score (nSPS) is 15.2. The fourth-order valence-corrected chi connectivity index (χ4v) is 5.45. The van der Waals surface area contributed by atoms with Gasteiger partial charge in [-0.3, -0.25) is 4.57 Å². The van der Waals surface area contributed by atoms with Gasteiger partial charge in [-0.15, -0.1) is 10.2 Å². The van der Waals surface area contributed by atoms with Crippen molar-refractivity contribution in [3.63, 3.8) is 0 Å². The number of hydrogen-bond acceptors (Lipinski definition) is 8. The number of benzene rings is 2. The Morgan fingerprint density at radius 3 is 2.34 bits per heavy atom. The Labute approximate surface area is 241 Å². The second-order valence-corrected chi connectivity index (χ2v) is 12.7. The highest BCUT2D eigenvalue weighted by Gasteiger charge is 2.40. The van der Waals surface area contributed by atoms with Gasteiger partial charge >= 0.3 is 11.9 Å². The number of nitrogens with zero attached hydrogens (tertiary/aromatic N) is 7. The molecule has 0 amide bonds. The molecule has 4 aromatic rings. The zero-order valence-corrected chi connectivity index (χ0v) is 23.5. The molecule has 2 aromatic heterocycles. The van der Waals surface area contributed by atoms with Crippen molar-refractivity contribution in [3.8, 4) is 17.1 Å². The Hall–Kier alpha value is -3.40. The van der Waals surface area contributed by atoms with E-state index in [0.29, 0.717) is 21.3 Å². The largest absolute Gasteiger partial charge is 0.416 e. The first kappa shape index (κ1) is 29.1. The van der Waals surface area contributed by atoms with E-state index in [1.807, 2.05) is 0 Å². The van der Waals surface area contributed by atoms with Crippen LogP contribution in [0.3, 0.4) is 0 Å². The number of aliphatic hydroxyl groups is 1. The maximum absolute atomic E-state index is 13.3. The molecule has 0 spiro atoms. The van der Waals surface area contributed by atoms with Crippen molar-refractivity contribution < 1.29 is 26.7 Å². The SMILES string of the molecule is CS(=O)(=O)C1CN(c2nc(Cn3nc(-c4ccc(Cl)cc4)n(C[C@H](O)C(F)(F)F)c3=O)nn2-c2ccccc2Cl)C1. The average molecular weight is 632 g/mol. The van der Waals surface area contributed by atoms with Crippen LogP contribution in [-0.2, 0) is 22.9 Å². The molecule has 0 bridgehead atoms. The van der Waals surface area contributed by atoms with Gasteiger partial charge in [-0.05, 0) is 36.4 Å². The van der Waals surface area contributed by atoms with Gasteiger partial charge in [0.05, 0.1) is 22.5 Å². The summed E-state index contributed by atoms with van der Waals surface area (Å²) in [7, 11) is -3.28. The van der Waals surface area contributed by atoms with Crippen LogP contribution in [0.4, 0.5) is 19.1 Å². The first-order valence-corrected chi connectivity index (χ1v) is 14.8. The van der Waals surface area contributed by atoms with Crippen LogP contribution in [0.2, 0.25) is 10.0 Å². The van der Waals surface area contributed by atoms with Crippen molar-refractivity contribution in [2.75, 3.05) is 24.2 Å². The van der Waals surface area contributed by atoms with Crippen molar-refractivity contribution in [1.29, 1.82) is 0 Å². The van der Waals surface area contributed by atoms with E-state index in [2.05, 4.69) is 15.2 Å². The predicted octanol–water partition coefficient (Wildman–Crippen LogP) is 2.80. The van der Waals surface area contributed by atoms with E-state index in [1.165, 1.54) is 28.9 Å². The number of halogens is 5. The summed E-state index contributed by atoms with van der Waals surface area (Å²) in [5.41, 5.74) is -0.198. The summed E-state index contributed by atoms with van der Waals surface area (Å²) in [6.07, 6.45) is -6.64. The number of aromatic nitrogens is 6. The number of hydrogen-bond donors (Lipinski definition) is 1. The monoisotopic (exact) mass is 631 g/mol. The molecule has 17 heteroatoms. The molecule has 0 radical (unpaired) electrons. The van der Waals surface area contributed by atoms with Crippen molar-refractivity contribution in [2.24, 2.45) is 0 Å². The van der Waals surface area contributed by atoms with Crippen molar-refractivity contribution in [1.82, 2.24) is 29.1 Å². The van der Waals surface area contributed by atoms with Crippen LogP contribution in [0.15, 0.2) is 53.3 Å². The number of para-hydroxylation sites is 1. The van der Waals surface area contributed by atoms with Gasteiger partial charge in [-0.1, -0.05) is 35.3 Å². The van der Waals surface area contributed by atoms with Crippen molar-refractivity contribution in [2.45, 2.75) is 30.6 Å². The van der Waals surface area contributed by atoms with E-state index >= 15 is 0 Å². The standard InChI is InChI=1S/C24H22Cl2F3N7O4S/c1-41(39,40)16-10-33(11-16)22-30-20(31-36(22)18-5-3-2-4-17(18)26)13-35-23(38)34(12-19(37)24(27,28)29)21(32-35)14-6-8-15(25)9-7-14/h2-9,16,19,37H,10-13H2,1H3/t19-/m0/s1. The molecule has 1 atom stereocenters. The number of alkyl halides is 3. The van der Waals surface area contributed by atoms with Gasteiger partial charge in [-0.25, -0.2) is 17.9 Å². The molecular weight excluding hydrogens is 610 g/mol. The number of rotatable bonds is 8. The van der Waals surface area contributed by atoms with E-state index in [0.717, 1.165) is 15.5 Å². The Morgan fingerprint density at radius 2 is 1.73 bits per heavy atom. The highest BCUT2D eigenvalue weighted by Crippen LogP contribution is 2.29. The molecule has 41 heavy (non-hydrogen) atoms. The molecule has 11 nitrogen and oxygen atoms in total. The van der Waals surface area contributed by atoms with Crippen molar-refractivity contribution >= 4 is 39.0 Å². The lowest BCUT2D eigenvalue weighted by molar-refractivity contribution is -0.207. The van der Waals surface area contributed by atoms with Crippen LogP contribution < -0.4 is 10.6 Å². The molecule has 5 rings (SSSR count). The zero-order valence-electron chi connectivity index (χ0n) is 21.2. The highest BCUT2D eigenvalue weighted by atomic mass is 35.5. The summed E-state index contributed by atoms with van der Waals surface area (Å²) >= 11 is 12.3. The highest BCUT2D eigenvalue weighted by molar-refractivity contribution is 7.91. The van der Waals surface area contributed by atoms with Crippen LogP contribution in [0, 0.1) is 0 Å². The minimum atomic E-state index is -4.97. The Balaban J connectivity index is 1.55. The van der Waals surface area contributed by atoms with Crippen molar-refractivity contribution in [3.05, 3.63) is 74.9 Å². The molecule has 1 fully saturated rings. The topological polar surface area (TPSA) is 128 Å². The molecule has 1 aliphatic heterocycles. The second-order valence-electron chi connectivity index (χ2n) is 9.49. The molecular formula is C24H22Cl2F3N7O4S. The van der Waals surface area contributed by atoms with Crippen LogP contribution in [-0.4, -0.2) is 79.5 Å². The molecule has 2 aromatic carbocycles. The summed E-state index contributed by atoms with van der Waals surface area (Å²) in [6.45, 7) is -1.12. The summed E-state index contributed by atoms with van der Waals surface area (Å²) in [5.74, 6) is 0.207. The smallest absolute Gasteiger partial charge is 0.382 e. The average Bonchev–Trinajstić information content (AvgIpc) is 3.39. The van der Waals surface area contributed by atoms with Gasteiger partial charge in [0.2, 0.25) is 5.95 Å². The van der Waals surface area contributed by atoms with Gasteiger partial charge in [0.25, 0.3) is 0 Å². The van der Waals surface area contributed by atoms with Gasteiger partial charge < -0.3 is 10.0 Å². The first-order chi connectivity index (χ1) is 19.2. The van der Waals surface area contributed by atoms with E-state index in [9.17, 15) is 31.5 Å². The number of sulfone groups is 1. The Morgan fingerprint density at radius 1 is 1.07 bits per heavy atom. The van der Waals surface area contributed by atoms with Crippen LogP contribution >= 0.6 is 23.2 Å². The summed E-state index contributed by atoms with van der Waals surface area (Å²) in [6, 6.07) is 12.7. The van der Waals surface area contributed by atoms with Crippen LogP contribution in [0.25, 0.3) is 17.1 Å². The fraction of sp³-hybridized carbons (Fsp3) is 0.333. The first-order valence-electron chi connectivity index (χ1n) is 12.1. The summed E-state index contributed by atoms with van der Waals surface area (Å²) < 4.78 is 66.5. The third-order valence-corrected chi connectivity index (χ3v) is 8.58. The van der Waals surface area contributed by atoms with Gasteiger partial charge in [-0.2, -0.15) is 22.8 Å². The molecule has 218 valence electrons. The predicted molar refractivity (Wildman–Crippen MR) is 145 cm³/mol. The Bertz CT molecular complexity index is 1750. The molecule has 1 aliphatic rings. The number of aliphatic hydroxyl groups excluding tert-OH is 1. The van der Waals surface area contributed by atoms with Crippen LogP contribution in [0.1, 0.15) is 5.82 Å². The van der Waals surface area contributed by atoms with Gasteiger partial charge in [0.15, 0.2) is 27.6 Å². The zero-order chi connectivity index (χ0) is 29.7. The summed E-state index contributed by atoms with van der Waals surface area (Å²) in [4.78, 5) is 19.4. The quantitative estimate of drug-likeness (QED) is 0.314. The molecule has 0 saturated carbocycles. The van der Waals surface area contributed by atoms with Gasteiger partial charge in [0.1, 0.15) is 6.54 Å². The lowest BCUT2D eigenvalue weighted by atomic mass is 10.2. The minimum Gasteiger partial charge on any atom is -0.382 e. The maximum Gasteiger partial charge on any atom is 0.416 e. The fourth-order valence-electron chi connectivity index (χ4n) is 4.21. The minimum absolute atomic E-state index is 0.0634. The van der Waals surface area contributed by atoms with Crippen LogP contribution in [0.5, 0.6) is 0 Å². The summed E-state index contributed by atoms with van der Waals surface area (Å²) in [5, 5.41) is 18.5. The van der Waals surface area contributed by atoms with Gasteiger partial charge in [0, 0.05) is 29.9 Å². The molecule has 0 unspecified atom stereocenters. The van der Waals surface area contributed by atoms with E-state index in [1.54, 1.807) is 29.2 Å². The maximum atomic E-state index is 13.3.